The number of carbonyl (C=O) groups excluding carboxylic acids is 2. The summed E-state index contributed by atoms with van der Waals surface area (Å²) in [6, 6.07) is 18.1. The summed E-state index contributed by atoms with van der Waals surface area (Å²) in [6.07, 6.45) is 4.53. The lowest BCUT2D eigenvalue weighted by atomic mass is 10.0. The Bertz CT molecular complexity index is 1060. The van der Waals surface area contributed by atoms with Gasteiger partial charge in [0.2, 0.25) is 5.91 Å². The van der Waals surface area contributed by atoms with E-state index in [0.29, 0.717) is 12.4 Å². The molecule has 2 aromatic carbocycles. The van der Waals surface area contributed by atoms with Gasteiger partial charge in [0.15, 0.2) is 5.82 Å². The normalized spacial score (nSPS) is 16.6. The van der Waals surface area contributed by atoms with Crippen LogP contribution in [-0.2, 0) is 4.79 Å². The van der Waals surface area contributed by atoms with Crippen LogP contribution in [0.2, 0.25) is 0 Å². The second-order valence-corrected chi connectivity index (χ2v) is 8.06. The van der Waals surface area contributed by atoms with Crippen LogP contribution in [-0.4, -0.2) is 45.8 Å². The van der Waals surface area contributed by atoms with Crippen LogP contribution in [0, 0.1) is 6.92 Å². The molecule has 0 saturated carbocycles. The summed E-state index contributed by atoms with van der Waals surface area (Å²) in [5.74, 6) is 0.0150. The lowest BCUT2D eigenvalue weighted by Crippen LogP contribution is -2.58. The number of aromatic amines is 1. The first kappa shape index (κ1) is 20.8. The highest BCUT2D eigenvalue weighted by Crippen LogP contribution is 2.28. The summed E-state index contributed by atoms with van der Waals surface area (Å²) >= 11 is 0. The number of rotatable bonds is 6. The molecule has 0 spiro atoms. The number of benzene rings is 2. The third kappa shape index (κ3) is 4.53. The van der Waals surface area contributed by atoms with Gasteiger partial charge < -0.3 is 14.8 Å². The molecule has 1 aliphatic rings. The van der Waals surface area contributed by atoms with Crippen LogP contribution in [0.15, 0.2) is 60.8 Å². The first-order valence-corrected chi connectivity index (χ1v) is 10.8. The number of nitrogens with zero attached hydrogens (tertiary/aromatic N) is 3. The lowest BCUT2D eigenvalue weighted by Gasteiger charge is -2.41. The van der Waals surface area contributed by atoms with E-state index in [2.05, 4.69) is 41.2 Å². The topological polar surface area (TPSA) is 69.3 Å². The summed E-state index contributed by atoms with van der Waals surface area (Å²) in [4.78, 5) is 36.9. The largest absolute Gasteiger partial charge is 0.338 e. The van der Waals surface area contributed by atoms with Gasteiger partial charge in [0, 0.05) is 24.1 Å². The van der Waals surface area contributed by atoms with Crippen molar-refractivity contribution < 1.29 is 9.59 Å². The number of H-pyrrole nitrogens is 1. The van der Waals surface area contributed by atoms with E-state index in [1.807, 2.05) is 42.2 Å². The minimum atomic E-state index is -0.208. The minimum absolute atomic E-state index is 0.0454. The van der Waals surface area contributed by atoms with Crippen LogP contribution < -0.4 is 4.90 Å². The van der Waals surface area contributed by atoms with Crippen molar-refractivity contribution in [2.75, 3.05) is 18.0 Å². The molecule has 1 atom stereocenters. The van der Waals surface area contributed by atoms with Crippen LogP contribution in [0.25, 0.3) is 11.1 Å². The fraction of sp³-hybridized carbons (Fsp3) is 0.320. The third-order valence-corrected chi connectivity index (χ3v) is 5.76. The smallest absolute Gasteiger partial charge is 0.290 e. The number of anilines is 1. The van der Waals surface area contributed by atoms with Crippen molar-refractivity contribution in [1.82, 2.24) is 14.9 Å². The molecule has 1 fully saturated rings. The summed E-state index contributed by atoms with van der Waals surface area (Å²) in [6.45, 7) is 4.54. The van der Waals surface area contributed by atoms with Crippen LogP contribution in [0.4, 0.5) is 5.69 Å². The monoisotopic (exact) mass is 416 g/mol. The Kier molecular flexibility index (Phi) is 6.16. The van der Waals surface area contributed by atoms with Gasteiger partial charge in [-0.25, -0.2) is 4.98 Å². The van der Waals surface area contributed by atoms with Crippen molar-refractivity contribution in [2.45, 2.75) is 39.2 Å². The zero-order valence-electron chi connectivity index (χ0n) is 18.0. The number of piperazine rings is 1. The third-order valence-electron chi connectivity index (χ3n) is 5.76. The second-order valence-electron chi connectivity index (χ2n) is 8.06. The Balaban J connectivity index is 1.60. The highest BCUT2D eigenvalue weighted by atomic mass is 16.2. The SMILES string of the molecule is CCCC[C@@H]1CN(c2cccc(-c3ccccc3)c2)C(=O)CN1C(=O)c1ncc(C)[nH]1. The van der Waals surface area contributed by atoms with E-state index in [0.717, 1.165) is 41.8 Å². The van der Waals surface area contributed by atoms with Crippen molar-refractivity contribution >= 4 is 17.5 Å². The Morgan fingerprint density at radius 3 is 2.61 bits per heavy atom. The highest BCUT2D eigenvalue weighted by Gasteiger charge is 2.36. The molecule has 1 aromatic heterocycles. The molecular formula is C25H28N4O2. The number of hydrogen-bond acceptors (Lipinski definition) is 3. The molecule has 0 aliphatic carbocycles. The zero-order valence-corrected chi connectivity index (χ0v) is 18.0. The second kappa shape index (κ2) is 9.16. The Hall–Kier alpha value is -3.41. The molecule has 6 nitrogen and oxygen atoms in total. The molecule has 1 aliphatic heterocycles. The lowest BCUT2D eigenvalue weighted by molar-refractivity contribution is -0.121. The zero-order chi connectivity index (χ0) is 21.8. The Morgan fingerprint density at radius 2 is 1.90 bits per heavy atom. The van der Waals surface area contributed by atoms with Crippen molar-refractivity contribution in [3.8, 4) is 11.1 Å². The Morgan fingerprint density at radius 1 is 1.13 bits per heavy atom. The van der Waals surface area contributed by atoms with Crippen molar-refractivity contribution in [3.05, 3.63) is 72.3 Å². The number of aryl methyl sites for hydroxylation is 1. The molecule has 0 unspecified atom stereocenters. The van der Waals surface area contributed by atoms with E-state index in [1.165, 1.54) is 0 Å². The molecule has 6 heteroatoms. The average molecular weight is 417 g/mol. The fourth-order valence-corrected chi connectivity index (χ4v) is 4.09. The van der Waals surface area contributed by atoms with E-state index in [1.54, 1.807) is 11.1 Å². The van der Waals surface area contributed by atoms with Gasteiger partial charge in [-0.05, 0) is 36.6 Å². The van der Waals surface area contributed by atoms with Gasteiger partial charge in [0.05, 0.1) is 6.04 Å². The minimum Gasteiger partial charge on any atom is -0.338 e. The number of imidazole rings is 1. The van der Waals surface area contributed by atoms with Gasteiger partial charge in [-0.1, -0.05) is 62.2 Å². The van der Waals surface area contributed by atoms with Gasteiger partial charge in [-0.3, -0.25) is 9.59 Å². The molecular weight excluding hydrogens is 388 g/mol. The van der Waals surface area contributed by atoms with Gasteiger partial charge in [-0.15, -0.1) is 0 Å². The molecule has 1 N–H and O–H groups in total. The first-order chi connectivity index (χ1) is 15.1. The number of hydrogen-bond donors (Lipinski definition) is 1. The first-order valence-electron chi connectivity index (χ1n) is 10.8. The number of carbonyl (C=O) groups is 2. The summed E-state index contributed by atoms with van der Waals surface area (Å²) in [5, 5.41) is 0. The standard InChI is InChI=1S/C25H28N4O2/c1-3-4-12-22-16-28(21-13-8-11-20(14-21)19-9-6-5-7-10-19)23(30)17-29(22)25(31)24-26-15-18(2)27-24/h5-11,13-15,22H,3-4,12,16-17H2,1-2H3,(H,26,27)/t22-/m1/s1. The van der Waals surface area contributed by atoms with E-state index >= 15 is 0 Å². The number of aromatic nitrogens is 2. The van der Waals surface area contributed by atoms with E-state index in [4.69, 9.17) is 0 Å². The quantitative estimate of drug-likeness (QED) is 0.646. The molecule has 1 saturated heterocycles. The van der Waals surface area contributed by atoms with E-state index in [-0.39, 0.29) is 24.4 Å². The average Bonchev–Trinajstić information content (AvgIpc) is 3.24. The summed E-state index contributed by atoms with van der Waals surface area (Å²) in [7, 11) is 0. The van der Waals surface area contributed by atoms with Gasteiger partial charge in [0.25, 0.3) is 5.91 Å². The van der Waals surface area contributed by atoms with E-state index < -0.39 is 0 Å². The van der Waals surface area contributed by atoms with Gasteiger partial charge in [-0.2, -0.15) is 0 Å². The highest BCUT2D eigenvalue weighted by molar-refractivity contribution is 6.01. The summed E-state index contributed by atoms with van der Waals surface area (Å²) in [5.41, 5.74) is 3.88. The maximum Gasteiger partial charge on any atom is 0.290 e. The van der Waals surface area contributed by atoms with Crippen molar-refractivity contribution in [2.24, 2.45) is 0 Å². The van der Waals surface area contributed by atoms with Crippen molar-refractivity contribution in [1.29, 1.82) is 0 Å². The molecule has 2 heterocycles. The molecule has 31 heavy (non-hydrogen) atoms. The number of amides is 2. The van der Waals surface area contributed by atoms with Crippen molar-refractivity contribution in [3.63, 3.8) is 0 Å². The molecule has 2 amide bonds. The molecule has 4 rings (SSSR count). The molecule has 0 bridgehead atoms. The predicted molar refractivity (Wildman–Crippen MR) is 122 cm³/mol. The Labute approximate surface area is 182 Å². The van der Waals surface area contributed by atoms with Crippen LogP contribution in [0.3, 0.4) is 0 Å². The molecule has 3 aromatic rings. The predicted octanol–water partition coefficient (Wildman–Crippen LogP) is 4.43. The van der Waals surface area contributed by atoms with Gasteiger partial charge >= 0.3 is 0 Å². The van der Waals surface area contributed by atoms with Gasteiger partial charge in [0.1, 0.15) is 6.54 Å². The molecule has 0 radical (unpaired) electrons. The number of nitrogens with one attached hydrogen (secondary N) is 1. The maximum atomic E-state index is 13.1. The van der Waals surface area contributed by atoms with Crippen LogP contribution in [0.1, 0.15) is 42.5 Å². The summed E-state index contributed by atoms with van der Waals surface area (Å²) < 4.78 is 0. The maximum absolute atomic E-state index is 13.1. The fourth-order valence-electron chi connectivity index (χ4n) is 4.09. The van der Waals surface area contributed by atoms with Crippen LogP contribution in [0.5, 0.6) is 0 Å². The van der Waals surface area contributed by atoms with Crippen LogP contribution >= 0.6 is 0 Å². The molecule has 160 valence electrons. The van der Waals surface area contributed by atoms with E-state index in [9.17, 15) is 9.59 Å². The number of unbranched alkanes of at least 4 members (excludes halogenated alkanes) is 1.